The fourth-order valence-electron chi connectivity index (χ4n) is 0.0978. The van der Waals surface area contributed by atoms with E-state index in [1.165, 1.54) is 0 Å². The van der Waals surface area contributed by atoms with Crippen LogP contribution in [0.1, 0.15) is 0 Å². The Labute approximate surface area is 57.7 Å². The third-order valence-electron chi connectivity index (χ3n) is 0.347. The molecule has 3 heteroatoms. The molecule has 7 heavy (non-hydrogen) atoms. The summed E-state index contributed by atoms with van der Waals surface area (Å²) in [5, 5.41) is 1.82. The Bertz CT molecular complexity index is 88.8. The summed E-state index contributed by atoms with van der Waals surface area (Å²) in [6.45, 7) is 0. The highest BCUT2D eigenvalue weighted by Gasteiger charge is 1.91. The van der Waals surface area contributed by atoms with Crippen molar-refractivity contribution in [2.45, 2.75) is 5.38 Å². The lowest BCUT2D eigenvalue weighted by atomic mass is 10.5. The van der Waals surface area contributed by atoms with E-state index in [0.717, 1.165) is 0 Å². The van der Waals surface area contributed by atoms with E-state index in [4.69, 9.17) is 34.8 Å². The van der Waals surface area contributed by atoms with Crippen LogP contribution in [0.2, 0.25) is 0 Å². The predicted octanol–water partition coefficient (Wildman–Crippen LogP) is 2.03. The van der Waals surface area contributed by atoms with E-state index >= 15 is 0 Å². The topological polar surface area (TPSA) is 0 Å². The number of hydrogen-bond acceptors (Lipinski definition) is 0. The summed E-state index contributed by atoms with van der Waals surface area (Å²) in [4.78, 5) is 0. The maximum Gasteiger partial charge on any atom is 0.109 e. The monoisotopic (exact) mass is 156 g/mol. The summed E-state index contributed by atoms with van der Waals surface area (Å²) >= 11 is 15.6. The largest absolute Gasteiger partial charge is 0.124 e. The van der Waals surface area contributed by atoms with Gasteiger partial charge in [0.2, 0.25) is 0 Å². The van der Waals surface area contributed by atoms with Crippen molar-refractivity contribution in [2.24, 2.45) is 0 Å². The molecule has 40 valence electrons. The zero-order valence-corrected chi connectivity index (χ0v) is 5.69. The van der Waals surface area contributed by atoms with Gasteiger partial charge in [0, 0.05) is 11.3 Å². The first-order chi connectivity index (χ1) is 3.31. The van der Waals surface area contributed by atoms with Crippen LogP contribution in [-0.4, -0.2) is 11.3 Å². The van der Waals surface area contributed by atoms with Crippen molar-refractivity contribution in [3.8, 4) is 11.3 Å². The predicted molar refractivity (Wildman–Crippen MR) is 34.0 cm³/mol. The first-order valence-corrected chi connectivity index (χ1v) is 2.97. The van der Waals surface area contributed by atoms with E-state index in [1.54, 1.807) is 0 Å². The molecule has 0 saturated heterocycles. The van der Waals surface area contributed by atoms with Crippen molar-refractivity contribution in [3.63, 3.8) is 0 Å². The third-order valence-corrected chi connectivity index (χ3v) is 1.19. The van der Waals surface area contributed by atoms with Gasteiger partial charge in [-0.3, -0.25) is 0 Å². The smallest absolute Gasteiger partial charge is 0.109 e. The summed E-state index contributed by atoms with van der Waals surface area (Å²) in [6, 6.07) is 0. The molecule has 0 N–H and O–H groups in total. The van der Waals surface area contributed by atoms with E-state index in [2.05, 4.69) is 11.3 Å². The normalized spacial score (nSPS) is 11.9. The fraction of sp³-hybridized carbons (Fsp3) is 0.500. The van der Waals surface area contributed by atoms with Crippen LogP contribution >= 0.6 is 34.8 Å². The molecule has 0 heterocycles. The van der Waals surface area contributed by atoms with E-state index in [1.807, 2.05) is 0 Å². The Hall–Kier alpha value is 0.430. The average molecular weight is 157 g/mol. The molecule has 0 aliphatic carbocycles. The summed E-state index contributed by atoms with van der Waals surface area (Å²) in [7, 11) is 0. The van der Waals surface area contributed by atoms with Gasteiger partial charge >= 0.3 is 0 Å². The summed E-state index contributed by atoms with van der Waals surface area (Å²) in [5.41, 5.74) is 0. The fourth-order valence-corrected chi connectivity index (χ4v) is 0.417. The number of halogens is 3. The van der Waals surface area contributed by atoms with Gasteiger partial charge in [0.1, 0.15) is 5.38 Å². The zero-order chi connectivity index (χ0) is 5.70. The Morgan fingerprint density at radius 1 is 1.57 bits per heavy atom. The van der Waals surface area contributed by atoms with Crippen LogP contribution in [0.25, 0.3) is 0 Å². The average Bonchev–Trinajstić information content (AvgIpc) is 1.68. The number of rotatable bonds is 1. The van der Waals surface area contributed by atoms with Crippen molar-refractivity contribution in [1.29, 1.82) is 0 Å². The van der Waals surface area contributed by atoms with Gasteiger partial charge < -0.3 is 0 Å². The van der Waals surface area contributed by atoms with Crippen LogP contribution in [0, 0.1) is 11.3 Å². The quantitative estimate of drug-likeness (QED) is 0.404. The number of hydrogen-bond donors (Lipinski definition) is 0. The van der Waals surface area contributed by atoms with Gasteiger partial charge in [-0.15, -0.1) is 23.2 Å². The summed E-state index contributed by atoms with van der Waals surface area (Å²) < 4.78 is 0. The highest BCUT2D eigenvalue weighted by atomic mass is 35.5. The SMILES string of the molecule is ClC#CC(Cl)CCl. The lowest BCUT2D eigenvalue weighted by Gasteiger charge is -1.86. The molecule has 0 fully saturated rings. The van der Waals surface area contributed by atoms with Crippen LogP contribution in [0.5, 0.6) is 0 Å². The maximum atomic E-state index is 5.38. The maximum absolute atomic E-state index is 5.38. The molecule has 0 saturated carbocycles. The molecular formula is C4H3Cl3. The zero-order valence-electron chi connectivity index (χ0n) is 3.42. The lowest BCUT2D eigenvalue weighted by molar-refractivity contribution is 1.30. The highest BCUT2D eigenvalue weighted by Crippen LogP contribution is 1.95. The van der Waals surface area contributed by atoms with E-state index in [-0.39, 0.29) is 5.38 Å². The van der Waals surface area contributed by atoms with Crippen LogP contribution in [0.15, 0.2) is 0 Å². The second-order valence-corrected chi connectivity index (χ2v) is 1.89. The highest BCUT2D eigenvalue weighted by molar-refractivity contribution is 6.33. The van der Waals surface area contributed by atoms with Gasteiger partial charge in [-0.25, -0.2) is 0 Å². The molecule has 1 unspecified atom stereocenters. The van der Waals surface area contributed by atoms with Crippen LogP contribution in [0.3, 0.4) is 0 Å². The van der Waals surface area contributed by atoms with Gasteiger partial charge in [-0.1, -0.05) is 5.92 Å². The summed E-state index contributed by atoms with van der Waals surface area (Å²) in [5.74, 6) is 2.76. The second-order valence-electron chi connectivity index (χ2n) is 0.861. The lowest BCUT2D eigenvalue weighted by Crippen LogP contribution is -1.92. The van der Waals surface area contributed by atoms with Crippen molar-refractivity contribution in [2.75, 3.05) is 5.88 Å². The Morgan fingerprint density at radius 2 is 2.14 bits per heavy atom. The Kier molecular flexibility index (Phi) is 4.87. The molecule has 0 nitrogen and oxygen atoms in total. The molecule has 0 rings (SSSR count). The summed E-state index contributed by atoms with van der Waals surface area (Å²) in [6.07, 6.45) is 0. The van der Waals surface area contributed by atoms with Crippen molar-refractivity contribution < 1.29 is 0 Å². The van der Waals surface area contributed by atoms with Crippen molar-refractivity contribution in [3.05, 3.63) is 0 Å². The standard InChI is InChI=1S/C4H3Cl3/c5-2-1-4(7)3-6/h4H,3H2. The number of alkyl halides is 2. The second kappa shape index (κ2) is 4.59. The van der Waals surface area contributed by atoms with Gasteiger partial charge in [0.15, 0.2) is 0 Å². The van der Waals surface area contributed by atoms with Gasteiger partial charge in [0.25, 0.3) is 0 Å². The van der Waals surface area contributed by atoms with Crippen molar-refractivity contribution in [1.82, 2.24) is 0 Å². The van der Waals surface area contributed by atoms with Gasteiger partial charge in [0.05, 0.1) is 0 Å². The molecule has 0 amide bonds. The molecule has 1 atom stereocenters. The van der Waals surface area contributed by atoms with E-state index in [9.17, 15) is 0 Å². The first kappa shape index (κ1) is 7.43. The molecule has 0 aliphatic heterocycles. The van der Waals surface area contributed by atoms with E-state index in [0.29, 0.717) is 5.88 Å². The molecule has 0 spiro atoms. The minimum absolute atomic E-state index is 0.306. The van der Waals surface area contributed by atoms with Crippen LogP contribution in [0.4, 0.5) is 0 Å². The molecule has 0 aromatic heterocycles. The Balaban J connectivity index is 3.29. The van der Waals surface area contributed by atoms with Crippen molar-refractivity contribution >= 4 is 34.8 Å². The minimum atomic E-state index is -0.306. The minimum Gasteiger partial charge on any atom is -0.124 e. The molecule has 0 aromatic carbocycles. The van der Waals surface area contributed by atoms with Gasteiger partial charge in [-0.05, 0) is 11.6 Å². The first-order valence-electron chi connectivity index (χ1n) is 1.62. The Morgan fingerprint density at radius 3 is 2.29 bits per heavy atom. The molecular weight excluding hydrogens is 154 g/mol. The molecule has 0 aromatic rings. The van der Waals surface area contributed by atoms with Crippen LogP contribution in [-0.2, 0) is 0 Å². The molecule has 0 aliphatic rings. The van der Waals surface area contributed by atoms with Gasteiger partial charge in [-0.2, -0.15) is 0 Å². The van der Waals surface area contributed by atoms with E-state index < -0.39 is 0 Å². The third kappa shape index (κ3) is 4.28. The van der Waals surface area contributed by atoms with Crippen LogP contribution < -0.4 is 0 Å². The molecule has 0 bridgehead atoms. The molecule has 0 radical (unpaired) electrons.